The van der Waals surface area contributed by atoms with Crippen LogP contribution in [0.15, 0.2) is 18.2 Å². The summed E-state index contributed by atoms with van der Waals surface area (Å²) in [6.07, 6.45) is 4.34. The predicted molar refractivity (Wildman–Crippen MR) is 79.7 cm³/mol. The van der Waals surface area contributed by atoms with Crippen LogP contribution < -0.4 is 15.4 Å². The van der Waals surface area contributed by atoms with E-state index in [0.29, 0.717) is 24.9 Å². The molecule has 1 aromatic carbocycles. The van der Waals surface area contributed by atoms with Crippen LogP contribution in [0.25, 0.3) is 0 Å². The summed E-state index contributed by atoms with van der Waals surface area (Å²) < 4.78 is 18.8. The maximum Gasteiger partial charge on any atom is 0.257 e. The quantitative estimate of drug-likeness (QED) is 0.688. The van der Waals surface area contributed by atoms with E-state index in [9.17, 15) is 9.18 Å². The molecule has 2 rings (SSSR count). The van der Waals surface area contributed by atoms with Crippen molar-refractivity contribution >= 4 is 5.91 Å². The molecule has 1 amide bonds. The second-order valence-electron chi connectivity index (χ2n) is 5.40. The summed E-state index contributed by atoms with van der Waals surface area (Å²) in [6.45, 7) is 3.26. The number of ether oxygens (including phenoxy) is 1. The van der Waals surface area contributed by atoms with Crippen LogP contribution in [0.5, 0.6) is 5.75 Å². The molecule has 0 unspecified atom stereocenters. The topological polar surface area (TPSA) is 50.4 Å². The van der Waals surface area contributed by atoms with Gasteiger partial charge in [0, 0.05) is 24.7 Å². The van der Waals surface area contributed by atoms with E-state index in [-0.39, 0.29) is 18.3 Å². The molecule has 4 nitrogen and oxygen atoms in total. The lowest BCUT2D eigenvalue weighted by molar-refractivity contribution is -0.123. The molecular weight excluding hydrogens is 271 g/mol. The summed E-state index contributed by atoms with van der Waals surface area (Å²) in [5.74, 6) is 0.131. The molecule has 0 spiro atoms. The van der Waals surface area contributed by atoms with Gasteiger partial charge < -0.3 is 15.4 Å². The van der Waals surface area contributed by atoms with E-state index in [2.05, 4.69) is 17.6 Å². The second kappa shape index (κ2) is 7.98. The summed E-state index contributed by atoms with van der Waals surface area (Å²) in [6, 6.07) is 4.93. The maximum atomic E-state index is 13.3. The molecule has 0 radical (unpaired) electrons. The molecule has 21 heavy (non-hydrogen) atoms. The molecule has 0 saturated heterocycles. The summed E-state index contributed by atoms with van der Waals surface area (Å²) in [7, 11) is 0. The Labute approximate surface area is 125 Å². The van der Waals surface area contributed by atoms with E-state index in [1.54, 1.807) is 6.07 Å². The number of unbranched alkanes of at least 4 members (excludes halogenated alkanes) is 1. The Kier molecular flexibility index (Phi) is 5.99. The third-order valence-corrected chi connectivity index (χ3v) is 3.39. The molecule has 0 aromatic heterocycles. The van der Waals surface area contributed by atoms with Gasteiger partial charge in [-0.1, -0.05) is 13.3 Å². The first-order valence-corrected chi connectivity index (χ1v) is 7.60. The molecule has 1 aliphatic carbocycles. The third kappa shape index (κ3) is 5.71. The zero-order valence-corrected chi connectivity index (χ0v) is 12.5. The lowest BCUT2D eigenvalue weighted by atomic mass is 10.2. The SMILES string of the molecule is CCCCNC(=O)COc1ccc(F)cc1CNC1CC1. The number of halogens is 1. The Balaban J connectivity index is 1.84. The molecular formula is C16H23FN2O2. The molecule has 0 aliphatic heterocycles. The number of benzene rings is 1. The van der Waals surface area contributed by atoms with Crippen LogP contribution in [0.4, 0.5) is 4.39 Å². The molecule has 2 N–H and O–H groups in total. The van der Waals surface area contributed by atoms with E-state index in [1.807, 2.05) is 0 Å². The van der Waals surface area contributed by atoms with E-state index in [0.717, 1.165) is 18.4 Å². The van der Waals surface area contributed by atoms with Crippen LogP contribution in [0, 0.1) is 5.82 Å². The first-order valence-electron chi connectivity index (χ1n) is 7.60. The standard InChI is InChI=1S/C16H23FN2O2/c1-2-3-8-18-16(20)11-21-15-7-4-13(17)9-12(15)10-19-14-5-6-14/h4,7,9,14,19H,2-3,5-6,8,10-11H2,1H3,(H,18,20). The zero-order valence-electron chi connectivity index (χ0n) is 12.5. The van der Waals surface area contributed by atoms with Crippen molar-refractivity contribution in [2.45, 2.75) is 45.2 Å². The first-order chi connectivity index (χ1) is 10.2. The number of carbonyl (C=O) groups excluding carboxylic acids is 1. The highest BCUT2D eigenvalue weighted by Crippen LogP contribution is 2.23. The third-order valence-electron chi connectivity index (χ3n) is 3.39. The van der Waals surface area contributed by atoms with Crippen molar-refractivity contribution in [2.75, 3.05) is 13.2 Å². The van der Waals surface area contributed by atoms with Crippen LogP contribution in [0.1, 0.15) is 38.2 Å². The van der Waals surface area contributed by atoms with Gasteiger partial charge in [-0.3, -0.25) is 4.79 Å². The lowest BCUT2D eigenvalue weighted by Gasteiger charge is -2.12. The molecule has 0 bridgehead atoms. The number of hydrogen-bond acceptors (Lipinski definition) is 3. The van der Waals surface area contributed by atoms with Crippen molar-refractivity contribution in [1.29, 1.82) is 0 Å². The predicted octanol–water partition coefficient (Wildman–Crippen LogP) is 2.37. The van der Waals surface area contributed by atoms with Crippen molar-refractivity contribution in [2.24, 2.45) is 0 Å². The van der Waals surface area contributed by atoms with Gasteiger partial charge in [0.25, 0.3) is 5.91 Å². The van der Waals surface area contributed by atoms with Gasteiger partial charge in [-0.25, -0.2) is 4.39 Å². The van der Waals surface area contributed by atoms with Gasteiger partial charge in [0.2, 0.25) is 0 Å². The Bertz CT molecular complexity index is 475. The largest absolute Gasteiger partial charge is 0.483 e. The fourth-order valence-electron chi connectivity index (χ4n) is 1.97. The molecule has 1 aromatic rings. The minimum Gasteiger partial charge on any atom is -0.483 e. The maximum absolute atomic E-state index is 13.3. The highest BCUT2D eigenvalue weighted by molar-refractivity contribution is 5.77. The number of nitrogens with one attached hydrogen (secondary N) is 2. The Morgan fingerprint density at radius 2 is 2.24 bits per heavy atom. The molecule has 1 saturated carbocycles. The van der Waals surface area contributed by atoms with Crippen LogP contribution in [0.2, 0.25) is 0 Å². The van der Waals surface area contributed by atoms with Crippen LogP contribution in [-0.2, 0) is 11.3 Å². The van der Waals surface area contributed by atoms with Crippen molar-refractivity contribution < 1.29 is 13.9 Å². The monoisotopic (exact) mass is 294 g/mol. The van der Waals surface area contributed by atoms with Crippen molar-refractivity contribution in [3.05, 3.63) is 29.6 Å². The molecule has 0 heterocycles. The summed E-state index contributed by atoms with van der Waals surface area (Å²) in [5, 5.41) is 6.11. The van der Waals surface area contributed by atoms with Gasteiger partial charge >= 0.3 is 0 Å². The van der Waals surface area contributed by atoms with E-state index in [4.69, 9.17) is 4.74 Å². The van der Waals surface area contributed by atoms with Gasteiger partial charge in [0.1, 0.15) is 11.6 Å². The smallest absolute Gasteiger partial charge is 0.257 e. The van der Waals surface area contributed by atoms with E-state index >= 15 is 0 Å². The molecule has 5 heteroatoms. The Morgan fingerprint density at radius 3 is 2.95 bits per heavy atom. The minimum absolute atomic E-state index is 0.0359. The molecule has 1 aliphatic rings. The number of hydrogen-bond donors (Lipinski definition) is 2. The molecule has 0 atom stereocenters. The zero-order chi connectivity index (χ0) is 15.1. The second-order valence-corrected chi connectivity index (χ2v) is 5.40. The van der Waals surface area contributed by atoms with Gasteiger partial charge in [0.05, 0.1) is 0 Å². The first kappa shape index (κ1) is 15.8. The van der Waals surface area contributed by atoms with Gasteiger partial charge in [-0.2, -0.15) is 0 Å². The van der Waals surface area contributed by atoms with Crippen molar-refractivity contribution in [1.82, 2.24) is 10.6 Å². The van der Waals surface area contributed by atoms with Gasteiger partial charge in [-0.15, -0.1) is 0 Å². The summed E-state index contributed by atoms with van der Waals surface area (Å²) in [5.41, 5.74) is 0.753. The van der Waals surface area contributed by atoms with Crippen molar-refractivity contribution in [3.63, 3.8) is 0 Å². The number of amides is 1. The fourth-order valence-corrected chi connectivity index (χ4v) is 1.97. The average Bonchev–Trinajstić information content (AvgIpc) is 3.28. The highest BCUT2D eigenvalue weighted by Gasteiger charge is 2.20. The summed E-state index contributed by atoms with van der Waals surface area (Å²) >= 11 is 0. The molecule has 1 fully saturated rings. The minimum atomic E-state index is -0.289. The lowest BCUT2D eigenvalue weighted by Crippen LogP contribution is -2.29. The normalized spacial score (nSPS) is 14.0. The Hall–Kier alpha value is -1.62. The van der Waals surface area contributed by atoms with Gasteiger partial charge in [0.15, 0.2) is 6.61 Å². The number of carbonyl (C=O) groups is 1. The van der Waals surface area contributed by atoms with Gasteiger partial charge in [-0.05, 0) is 37.5 Å². The van der Waals surface area contributed by atoms with Crippen LogP contribution in [-0.4, -0.2) is 25.1 Å². The summed E-state index contributed by atoms with van der Waals surface area (Å²) in [4.78, 5) is 11.6. The van der Waals surface area contributed by atoms with E-state index in [1.165, 1.54) is 25.0 Å². The van der Waals surface area contributed by atoms with E-state index < -0.39 is 0 Å². The van der Waals surface area contributed by atoms with Crippen molar-refractivity contribution in [3.8, 4) is 5.75 Å². The Morgan fingerprint density at radius 1 is 1.43 bits per heavy atom. The van der Waals surface area contributed by atoms with Crippen LogP contribution in [0.3, 0.4) is 0 Å². The van der Waals surface area contributed by atoms with Crippen LogP contribution >= 0.6 is 0 Å². The average molecular weight is 294 g/mol. The number of rotatable bonds is 9. The molecule has 116 valence electrons. The fraction of sp³-hybridized carbons (Fsp3) is 0.562. The highest BCUT2D eigenvalue weighted by atomic mass is 19.1.